The van der Waals surface area contributed by atoms with Crippen molar-refractivity contribution in [2.45, 2.75) is 45.4 Å². The molecule has 6 heteroatoms. The van der Waals surface area contributed by atoms with Gasteiger partial charge in [-0.25, -0.2) is 4.79 Å². The number of hydrogen-bond acceptors (Lipinski definition) is 6. The molecule has 1 aliphatic rings. The minimum Gasteiger partial charge on any atom is -0.507 e. The van der Waals surface area contributed by atoms with E-state index in [0.717, 1.165) is 5.39 Å². The molecular weight excluding hydrogens is 480 g/mol. The van der Waals surface area contributed by atoms with E-state index in [2.05, 4.69) is 0 Å². The summed E-state index contributed by atoms with van der Waals surface area (Å²) in [5.74, 6) is -0.577. The number of carbonyl (C=O) groups is 2. The fourth-order valence-electron chi connectivity index (χ4n) is 5.37. The molecule has 38 heavy (non-hydrogen) atoms. The lowest BCUT2D eigenvalue weighted by Crippen LogP contribution is -2.41. The number of benzene rings is 3. The number of rotatable bonds is 6. The van der Waals surface area contributed by atoms with E-state index in [4.69, 9.17) is 9.15 Å². The van der Waals surface area contributed by atoms with Crippen molar-refractivity contribution in [2.24, 2.45) is 0 Å². The van der Waals surface area contributed by atoms with Crippen molar-refractivity contribution in [1.29, 1.82) is 0 Å². The standard InChI is InChI=1S/C32H28O6/c1-4-21-28(34)27-23(33)18-25(37-30(27)32(5-2,6-3)29(21)35)26-22-15-11-10-12-19(22)16-17-24(26)38-31(36)20-13-8-7-9-14-20/h7-18,34H,4-6H2,1-3H3. The molecule has 3 aromatic carbocycles. The molecule has 0 aliphatic heterocycles. The predicted molar refractivity (Wildman–Crippen MR) is 146 cm³/mol. The first-order chi connectivity index (χ1) is 18.4. The summed E-state index contributed by atoms with van der Waals surface area (Å²) in [7, 11) is 0. The van der Waals surface area contributed by atoms with Crippen LogP contribution in [-0.2, 0) is 10.2 Å². The molecule has 0 unspecified atom stereocenters. The zero-order valence-corrected chi connectivity index (χ0v) is 21.5. The van der Waals surface area contributed by atoms with Crippen molar-refractivity contribution < 1.29 is 23.8 Å². The van der Waals surface area contributed by atoms with Gasteiger partial charge in [0.15, 0.2) is 11.2 Å². The summed E-state index contributed by atoms with van der Waals surface area (Å²) >= 11 is 0. The number of ether oxygens (including phenoxy) is 1. The van der Waals surface area contributed by atoms with Crippen molar-refractivity contribution >= 4 is 28.3 Å². The van der Waals surface area contributed by atoms with Crippen LogP contribution < -0.4 is 10.2 Å². The van der Waals surface area contributed by atoms with Crippen molar-refractivity contribution in [3.8, 4) is 17.1 Å². The Kier molecular flexibility index (Phi) is 6.49. The van der Waals surface area contributed by atoms with Crippen molar-refractivity contribution in [2.75, 3.05) is 0 Å². The van der Waals surface area contributed by atoms with Crippen LogP contribution in [0.5, 0.6) is 5.75 Å². The zero-order chi connectivity index (χ0) is 27.0. The molecule has 0 saturated heterocycles. The van der Waals surface area contributed by atoms with Gasteiger partial charge in [0.05, 0.1) is 16.5 Å². The molecule has 5 rings (SSSR count). The van der Waals surface area contributed by atoms with Gasteiger partial charge in [0.25, 0.3) is 0 Å². The third-order valence-electron chi connectivity index (χ3n) is 7.52. The summed E-state index contributed by atoms with van der Waals surface area (Å²) in [4.78, 5) is 40.2. The molecule has 192 valence electrons. The van der Waals surface area contributed by atoms with Gasteiger partial charge in [0, 0.05) is 11.6 Å². The molecule has 0 atom stereocenters. The van der Waals surface area contributed by atoms with E-state index in [1.807, 2.05) is 50.2 Å². The monoisotopic (exact) mass is 508 g/mol. The van der Waals surface area contributed by atoms with Gasteiger partial charge in [0.1, 0.15) is 28.6 Å². The van der Waals surface area contributed by atoms with Crippen LogP contribution in [0.3, 0.4) is 0 Å². The fraction of sp³-hybridized carbons (Fsp3) is 0.219. The number of esters is 1. The summed E-state index contributed by atoms with van der Waals surface area (Å²) in [6.45, 7) is 5.53. The first-order valence-corrected chi connectivity index (χ1v) is 12.8. The van der Waals surface area contributed by atoms with Gasteiger partial charge >= 0.3 is 5.97 Å². The predicted octanol–water partition coefficient (Wildman–Crippen LogP) is 7.00. The van der Waals surface area contributed by atoms with Gasteiger partial charge in [0.2, 0.25) is 0 Å². The molecule has 0 spiro atoms. The molecule has 0 fully saturated rings. The van der Waals surface area contributed by atoms with Gasteiger partial charge in [-0.3, -0.25) is 9.59 Å². The van der Waals surface area contributed by atoms with Gasteiger partial charge in [-0.15, -0.1) is 0 Å². The van der Waals surface area contributed by atoms with Gasteiger partial charge in [-0.2, -0.15) is 0 Å². The van der Waals surface area contributed by atoms with Crippen LogP contribution in [0.25, 0.3) is 27.9 Å². The highest BCUT2D eigenvalue weighted by molar-refractivity contribution is 6.11. The van der Waals surface area contributed by atoms with E-state index >= 15 is 0 Å². The molecular formula is C32H28O6. The van der Waals surface area contributed by atoms with Crippen LogP contribution in [0.1, 0.15) is 61.7 Å². The number of aliphatic hydroxyl groups is 1. The third kappa shape index (κ3) is 3.84. The largest absolute Gasteiger partial charge is 0.507 e. The second-order valence-electron chi connectivity index (χ2n) is 9.39. The van der Waals surface area contributed by atoms with Crippen molar-refractivity contribution in [3.63, 3.8) is 0 Å². The maximum atomic E-state index is 13.6. The highest BCUT2D eigenvalue weighted by Crippen LogP contribution is 2.46. The van der Waals surface area contributed by atoms with E-state index in [1.54, 1.807) is 37.3 Å². The fourth-order valence-corrected chi connectivity index (χ4v) is 5.37. The third-order valence-corrected chi connectivity index (χ3v) is 7.52. The Morgan fingerprint density at radius 3 is 2.26 bits per heavy atom. The number of ketones is 1. The Labute approximate surface area is 220 Å². The van der Waals surface area contributed by atoms with Gasteiger partial charge in [-0.1, -0.05) is 69.3 Å². The Hall–Kier alpha value is -4.45. The average Bonchev–Trinajstić information content (AvgIpc) is 2.94. The number of fused-ring (bicyclic) bond motifs is 2. The molecule has 1 aromatic heterocycles. The van der Waals surface area contributed by atoms with Crippen molar-refractivity contribution in [1.82, 2.24) is 0 Å². The zero-order valence-electron chi connectivity index (χ0n) is 21.5. The summed E-state index contributed by atoms with van der Waals surface area (Å²) in [5, 5.41) is 12.5. The summed E-state index contributed by atoms with van der Waals surface area (Å²) in [5.41, 5.74) is -0.487. The SMILES string of the molecule is CCC1=C(O)c2c(oc(-c3c(OC(=O)c4ccccc4)ccc4ccccc34)cc2=O)C(CC)(CC)C1=O. The van der Waals surface area contributed by atoms with Crippen LogP contribution >= 0.6 is 0 Å². The molecule has 1 N–H and O–H groups in total. The van der Waals surface area contributed by atoms with E-state index < -0.39 is 16.8 Å². The number of allylic oxidation sites excluding steroid dienone is 1. The maximum Gasteiger partial charge on any atom is 0.343 e. The molecule has 4 aromatic rings. The molecule has 0 radical (unpaired) electrons. The highest BCUT2D eigenvalue weighted by atomic mass is 16.5. The lowest BCUT2D eigenvalue weighted by molar-refractivity contribution is -0.122. The lowest BCUT2D eigenvalue weighted by atomic mass is 9.68. The number of Topliss-reactive ketones (excluding diaryl/α,β-unsaturated/α-hetero) is 1. The average molecular weight is 509 g/mol. The van der Waals surface area contributed by atoms with Crippen LogP contribution in [0, 0.1) is 0 Å². The van der Waals surface area contributed by atoms with E-state index in [9.17, 15) is 19.5 Å². The highest BCUT2D eigenvalue weighted by Gasteiger charge is 2.48. The second kappa shape index (κ2) is 9.78. The minimum atomic E-state index is -1.09. The van der Waals surface area contributed by atoms with Gasteiger partial charge < -0.3 is 14.3 Å². The summed E-state index contributed by atoms with van der Waals surface area (Å²) in [6.07, 6.45) is 1.09. The molecule has 1 heterocycles. The van der Waals surface area contributed by atoms with Gasteiger partial charge in [-0.05, 0) is 48.2 Å². The molecule has 0 saturated carbocycles. The first kappa shape index (κ1) is 25.2. The number of hydrogen-bond donors (Lipinski definition) is 1. The Balaban J connectivity index is 1.79. The van der Waals surface area contributed by atoms with Crippen LogP contribution in [0.4, 0.5) is 0 Å². The molecule has 1 aliphatic carbocycles. The van der Waals surface area contributed by atoms with Crippen LogP contribution in [0.15, 0.2) is 87.6 Å². The van der Waals surface area contributed by atoms with E-state index in [1.165, 1.54) is 6.07 Å². The molecule has 0 amide bonds. The van der Waals surface area contributed by atoms with E-state index in [0.29, 0.717) is 35.8 Å². The Morgan fingerprint density at radius 1 is 0.895 bits per heavy atom. The first-order valence-electron chi connectivity index (χ1n) is 12.8. The van der Waals surface area contributed by atoms with Crippen molar-refractivity contribution in [3.05, 3.63) is 105 Å². The minimum absolute atomic E-state index is 0.0250. The number of carbonyl (C=O) groups excluding carboxylic acids is 2. The lowest BCUT2D eigenvalue weighted by Gasteiger charge is -2.35. The topological polar surface area (TPSA) is 93.8 Å². The molecule has 6 nitrogen and oxygen atoms in total. The van der Waals surface area contributed by atoms with E-state index in [-0.39, 0.29) is 39.9 Å². The second-order valence-corrected chi connectivity index (χ2v) is 9.39. The normalized spacial score (nSPS) is 14.4. The Morgan fingerprint density at radius 2 is 1.58 bits per heavy atom. The Bertz CT molecular complexity index is 1650. The summed E-state index contributed by atoms with van der Waals surface area (Å²) < 4.78 is 12.3. The van der Waals surface area contributed by atoms with Crippen LogP contribution in [0.2, 0.25) is 0 Å². The smallest absolute Gasteiger partial charge is 0.343 e. The number of aliphatic hydroxyl groups excluding tert-OH is 1. The molecule has 0 bridgehead atoms. The summed E-state index contributed by atoms with van der Waals surface area (Å²) in [6, 6.07) is 20.9. The van der Waals surface area contributed by atoms with Crippen LogP contribution in [-0.4, -0.2) is 16.9 Å². The quantitative estimate of drug-likeness (QED) is 0.223. The maximum absolute atomic E-state index is 13.6.